The van der Waals surface area contributed by atoms with Gasteiger partial charge in [-0.15, -0.1) is 0 Å². The number of piperidine rings is 1. The lowest BCUT2D eigenvalue weighted by atomic mass is 10.1. The van der Waals surface area contributed by atoms with E-state index in [-0.39, 0.29) is 0 Å². The molecule has 6 nitrogen and oxygen atoms in total. The molecule has 3 aromatic rings. The molecule has 1 aliphatic heterocycles. The maximum absolute atomic E-state index is 5.55. The third-order valence-corrected chi connectivity index (χ3v) is 4.37. The second kappa shape index (κ2) is 6.49. The van der Waals surface area contributed by atoms with E-state index in [1.165, 1.54) is 24.9 Å². The zero-order chi connectivity index (χ0) is 16.4. The Morgan fingerprint density at radius 3 is 2.54 bits per heavy atom. The van der Waals surface area contributed by atoms with Crippen LogP contribution in [0, 0.1) is 0 Å². The predicted molar refractivity (Wildman–Crippen MR) is 91.4 cm³/mol. The van der Waals surface area contributed by atoms with E-state index < -0.39 is 0 Å². The number of hydrogen-bond donors (Lipinski definition) is 1. The Morgan fingerprint density at radius 2 is 1.83 bits per heavy atom. The quantitative estimate of drug-likeness (QED) is 0.791. The summed E-state index contributed by atoms with van der Waals surface area (Å²) in [5.41, 5.74) is 8.49. The molecule has 24 heavy (non-hydrogen) atoms. The topological polar surface area (TPSA) is 81.3 Å². The summed E-state index contributed by atoms with van der Waals surface area (Å²) >= 11 is 0. The predicted octanol–water partition coefficient (Wildman–Crippen LogP) is 3.45. The summed E-state index contributed by atoms with van der Waals surface area (Å²) in [5.74, 6) is 1.70. The van der Waals surface area contributed by atoms with E-state index in [4.69, 9.17) is 14.7 Å². The molecule has 0 amide bonds. The molecular weight excluding hydrogens is 304 g/mol. The van der Waals surface area contributed by atoms with Crippen LogP contribution in [0.4, 0.5) is 5.69 Å². The summed E-state index contributed by atoms with van der Waals surface area (Å²) in [4.78, 5) is 6.87. The molecular formula is C18H20N4O2. The summed E-state index contributed by atoms with van der Waals surface area (Å²) < 4.78 is 10.6. The molecule has 124 valence electrons. The molecule has 1 aliphatic rings. The molecule has 2 N–H and O–H groups in total. The highest BCUT2D eigenvalue weighted by Gasteiger charge is 2.14. The van der Waals surface area contributed by atoms with Crippen molar-refractivity contribution in [3.8, 4) is 22.8 Å². The standard InChI is InChI=1S/C18H20N4O2/c19-11-16-10-14(12-23-16)18-20-17(21-24-18)13-4-6-15(7-5-13)22-8-2-1-3-9-22/h4-7,10,12H,1-3,8-9,11,19H2. The van der Waals surface area contributed by atoms with E-state index in [1.54, 1.807) is 6.26 Å². The zero-order valence-electron chi connectivity index (χ0n) is 13.4. The molecule has 6 heteroatoms. The molecule has 0 radical (unpaired) electrons. The first-order valence-electron chi connectivity index (χ1n) is 8.30. The normalized spacial score (nSPS) is 15.0. The van der Waals surface area contributed by atoms with Gasteiger partial charge >= 0.3 is 0 Å². The Morgan fingerprint density at radius 1 is 1.04 bits per heavy atom. The van der Waals surface area contributed by atoms with E-state index >= 15 is 0 Å². The molecule has 1 fully saturated rings. The Kier molecular flexibility index (Phi) is 4.04. The fraction of sp³-hybridized carbons (Fsp3) is 0.333. The second-order valence-electron chi connectivity index (χ2n) is 6.02. The molecule has 0 unspecified atom stereocenters. The van der Waals surface area contributed by atoms with Crippen molar-refractivity contribution < 1.29 is 8.94 Å². The minimum Gasteiger partial charge on any atom is -0.467 e. The number of hydrogen-bond acceptors (Lipinski definition) is 6. The van der Waals surface area contributed by atoms with Gasteiger partial charge < -0.3 is 19.6 Å². The number of furan rings is 1. The number of anilines is 1. The number of nitrogens with zero attached hydrogens (tertiary/aromatic N) is 3. The number of aromatic nitrogens is 2. The van der Waals surface area contributed by atoms with Gasteiger partial charge in [0.25, 0.3) is 5.89 Å². The molecule has 1 saturated heterocycles. The second-order valence-corrected chi connectivity index (χ2v) is 6.02. The number of nitrogens with two attached hydrogens (primary N) is 1. The first-order valence-corrected chi connectivity index (χ1v) is 8.30. The summed E-state index contributed by atoms with van der Waals surface area (Å²) in [7, 11) is 0. The van der Waals surface area contributed by atoms with Crippen molar-refractivity contribution in [3.63, 3.8) is 0 Å². The third-order valence-electron chi connectivity index (χ3n) is 4.37. The van der Waals surface area contributed by atoms with Gasteiger partial charge in [0.05, 0.1) is 12.1 Å². The lowest BCUT2D eigenvalue weighted by Gasteiger charge is -2.28. The lowest BCUT2D eigenvalue weighted by molar-refractivity contribution is 0.431. The monoisotopic (exact) mass is 324 g/mol. The van der Waals surface area contributed by atoms with E-state index in [9.17, 15) is 0 Å². The SMILES string of the molecule is NCc1cc(-c2nc(-c3ccc(N4CCCCC4)cc3)no2)co1. The molecule has 3 heterocycles. The van der Waals surface area contributed by atoms with Crippen LogP contribution in [0.2, 0.25) is 0 Å². The van der Waals surface area contributed by atoms with Gasteiger partial charge in [0.1, 0.15) is 12.0 Å². The van der Waals surface area contributed by atoms with Crippen molar-refractivity contribution in [3.05, 3.63) is 42.4 Å². The van der Waals surface area contributed by atoms with Crippen molar-refractivity contribution in [2.45, 2.75) is 25.8 Å². The Labute approximate surface area is 140 Å². The van der Waals surface area contributed by atoms with Gasteiger partial charge in [-0.25, -0.2) is 0 Å². The van der Waals surface area contributed by atoms with Gasteiger partial charge in [0.2, 0.25) is 5.82 Å². The van der Waals surface area contributed by atoms with Crippen LogP contribution in [0.1, 0.15) is 25.0 Å². The van der Waals surface area contributed by atoms with Gasteiger partial charge in [0.15, 0.2) is 0 Å². The summed E-state index contributed by atoms with van der Waals surface area (Å²) in [6.07, 6.45) is 5.45. The van der Waals surface area contributed by atoms with Crippen molar-refractivity contribution in [1.82, 2.24) is 10.1 Å². The Hall–Kier alpha value is -2.60. The molecule has 2 aromatic heterocycles. The van der Waals surface area contributed by atoms with Crippen LogP contribution in [-0.4, -0.2) is 23.2 Å². The minimum absolute atomic E-state index is 0.346. The summed E-state index contributed by atoms with van der Waals surface area (Å²) in [5, 5.41) is 4.07. The maximum atomic E-state index is 5.55. The van der Waals surface area contributed by atoms with Gasteiger partial charge in [-0.1, -0.05) is 5.16 Å². The zero-order valence-corrected chi connectivity index (χ0v) is 13.4. The van der Waals surface area contributed by atoms with Gasteiger partial charge in [-0.2, -0.15) is 4.98 Å². The average molecular weight is 324 g/mol. The fourth-order valence-corrected chi connectivity index (χ4v) is 3.03. The summed E-state index contributed by atoms with van der Waals surface area (Å²) in [6, 6.07) is 10.2. The fourth-order valence-electron chi connectivity index (χ4n) is 3.03. The molecule has 4 rings (SSSR count). The smallest absolute Gasteiger partial charge is 0.261 e. The van der Waals surface area contributed by atoms with Crippen LogP contribution in [0.3, 0.4) is 0 Å². The van der Waals surface area contributed by atoms with Crippen LogP contribution < -0.4 is 10.6 Å². The molecule has 0 atom stereocenters. The minimum atomic E-state index is 0.346. The highest BCUT2D eigenvalue weighted by atomic mass is 16.5. The van der Waals surface area contributed by atoms with Crippen molar-refractivity contribution >= 4 is 5.69 Å². The summed E-state index contributed by atoms with van der Waals surface area (Å²) in [6.45, 7) is 2.62. The van der Waals surface area contributed by atoms with E-state index in [0.717, 1.165) is 24.2 Å². The number of rotatable bonds is 4. The van der Waals surface area contributed by atoms with Crippen LogP contribution in [0.25, 0.3) is 22.8 Å². The van der Waals surface area contributed by atoms with Crippen LogP contribution >= 0.6 is 0 Å². The van der Waals surface area contributed by atoms with Crippen molar-refractivity contribution in [1.29, 1.82) is 0 Å². The highest BCUT2D eigenvalue weighted by molar-refractivity contribution is 5.62. The molecule has 1 aromatic carbocycles. The van der Waals surface area contributed by atoms with Crippen LogP contribution in [0.15, 0.2) is 45.5 Å². The average Bonchev–Trinajstić information content (AvgIpc) is 3.32. The van der Waals surface area contributed by atoms with Gasteiger partial charge in [0, 0.05) is 24.3 Å². The van der Waals surface area contributed by atoms with Gasteiger partial charge in [-0.05, 0) is 49.6 Å². The molecule has 0 spiro atoms. The molecule has 0 saturated carbocycles. The Balaban J connectivity index is 1.53. The Bertz CT molecular complexity index is 801. The molecule has 0 bridgehead atoms. The third kappa shape index (κ3) is 2.92. The lowest BCUT2D eigenvalue weighted by Crippen LogP contribution is -2.29. The first-order chi connectivity index (χ1) is 11.8. The molecule has 0 aliphatic carbocycles. The van der Waals surface area contributed by atoms with E-state index in [1.807, 2.05) is 18.2 Å². The van der Waals surface area contributed by atoms with Crippen LogP contribution in [0.5, 0.6) is 0 Å². The van der Waals surface area contributed by atoms with E-state index in [0.29, 0.717) is 24.0 Å². The highest BCUT2D eigenvalue weighted by Crippen LogP contribution is 2.26. The maximum Gasteiger partial charge on any atom is 0.261 e. The van der Waals surface area contributed by atoms with Crippen molar-refractivity contribution in [2.24, 2.45) is 5.73 Å². The largest absolute Gasteiger partial charge is 0.467 e. The van der Waals surface area contributed by atoms with E-state index in [2.05, 4.69) is 27.2 Å². The van der Waals surface area contributed by atoms with Gasteiger partial charge in [-0.3, -0.25) is 0 Å². The number of benzene rings is 1. The van der Waals surface area contributed by atoms with Crippen molar-refractivity contribution in [2.75, 3.05) is 18.0 Å². The first kappa shape index (κ1) is 15.0. The van der Waals surface area contributed by atoms with Crippen LogP contribution in [-0.2, 0) is 6.54 Å².